The number of hydrogen-bond acceptors (Lipinski definition) is 1. The van der Waals surface area contributed by atoms with Gasteiger partial charge >= 0.3 is 0 Å². The Bertz CT molecular complexity index is 126. The van der Waals surface area contributed by atoms with Gasteiger partial charge in [0.05, 0.1) is 0 Å². The quantitative estimate of drug-likeness (QED) is 0.610. The molecule has 0 aliphatic carbocycles. The smallest absolute Gasteiger partial charge is 0.271 e. The summed E-state index contributed by atoms with van der Waals surface area (Å²) in [7, 11) is 0. The molecule has 1 unspecified atom stereocenters. The Labute approximate surface area is 59.4 Å². The van der Waals surface area contributed by atoms with Crippen LogP contribution >= 0.6 is 0 Å². The van der Waals surface area contributed by atoms with Crippen LogP contribution in [-0.2, 0) is 0 Å². The minimum Gasteiger partial charge on any atom is -0.387 e. The Kier molecular flexibility index (Phi) is 2.96. The highest BCUT2D eigenvalue weighted by molar-refractivity contribution is 4.93. The highest BCUT2D eigenvalue weighted by Gasteiger charge is 2.31. The molecule has 0 aromatic carbocycles. The van der Waals surface area contributed by atoms with E-state index in [-0.39, 0.29) is 6.42 Å². The second-order valence-electron chi connectivity index (χ2n) is 2.63. The number of hydrogen-bond donors (Lipinski definition) is 1. The first kappa shape index (κ1) is 9.56. The van der Waals surface area contributed by atoms with Crippen molar-refractivity contribution < 1.29 is 13.9 Å². The predicted molar refractivity (Wildman–Crippen MR) is 36.1 cm³/mol. The van der Waals surface area contributed by atoms with Crippen LogP contribution in [0, 0.1) is 0 Å². The third-order valence-corrected chi connectivity index (χ3v) is 1.13. The molecule has 0 radical (unpaired) electrons. The van der Waals surface area contributed by atoms with Crippen molar-refractivity contribution in [2.45, 2.75) is 32.3 Å². The molecule has 0 fully saturated rings. The Morgan fingerprint density at radius 2 is 2.10 bits per heavy atom. The fraction of sp³-hybridized carbons (Fsp3) is 0.714. The molecule has 0 heterocycles. The fourth-order valence-corrected chi connectivity index (χ4v) is 0.509. The van der Waals surface area contributed by atoms with E-state index in [2.05, 4.69) is 6.58 Å². The van der Waals surface area contributed by atoms with Crippen LogP contribution in [-0.4, -0.2) is 17.1 Å². The average molecular weight is 150 g/mol. The number of rotatable bonds is 3. The van der Waals surface area contributed by atoms with Gasteiger partial charge in [-0.2, -0.15) is 0 Å². The van der Waals surface area contributed by atoms with E-state index in [0.29, 0.717) is 12.5 Å². The summed E-state index contributed by atoms with van der Waals surface area (Å²) in [6, 6.07) is 0. The Balaban J connectivity index is 3.85. The Morgan fingerprint density at radius 3 is 2.20 bits per heavy atom. The third kappa shape index (κ3) is 3.56. The lowest BCUT2D eigenvalue weighted by atomic mass is 10.1. The van der Waals surface area contributed by atoms with Crippen molar-refractivity contribution in [1.29, 1.82) is 0 Å². The van der Waals surface area contributed by atoms with Crippen molar-refractivity contribution in [3.05, 3.63) is 12.2 Å². The van der Waals surface area contributed by atoms with Crippen molar-refractivity contribution in [3.63, 3.8) is 0 Å². The van der Waals surface area contributed by atoms with Crippen molar-refractivity contribution >= 4 is 0 Å². The average Bonchev–Trinajstić information content (AvgIpc) is 1.60. The molecule has 0 amide bonds. The van der Waals surface area contributed by atoms with Gasteiger partial charge < -0.3 is 5.11 Å². The fourth-order valence-electron chi connectivity index (χ4n) is 0.509. The van der Waals surface area contributed by atoms with Gasteiger partial charge in [-0.3, -0.25) is 0 Å². The summed E-state index contributed by atoms with van der Waals surface area (Å²) in [4.78, 5) is 0. The second-order valence-corrected chi connectivity index (χ2v) is 2.63. The third-order valence-electron chi connectivity index (χ3n) is 1.13. The van der Waals surface area contributed by atoms with Gasteiger partial charge in [0.1, 0.15) is 6.10 Å². The summed E-state index contributed by atoms with van der Waals surface area (Å²) in [6.45, 7) is 5.72. The van der Waals surface area contributed by atoms with Crippen LogP contribution in [0.3, 0.4) is 0 Å². The van der Waals surface area contributed by atoms with E-state index in [4.69, 9.17) is 5.11 Å². The predicted octanol–water partition coefficient (Wildman–Crippen LogP) is 1.97. The van der Waals surface area contributed by atoms with Crippen LogP contribution in [0.2, 0.25) is 0 Å². The number of alkyl halides is 2. The zero-order chi connectivity index (χ0) is 8.36. The SMILES string of the molecule is C=C(C)CC(O)C(C)(F)F. The van der Waals surface area contributed by atoms with Crippen molar-refractivity contribution in [2.75, 3.05) is 0 Å². The zero-order valence-corrected chi connectivity index (χ0v) is 6.19. The first-order valence-electron chi connectivity index (χ1n) is 3.04. The summed E-state index contributed by atoms with van der Waals surface area (Å²) >= 11 is 0. The first-order chi connectivity index (χ1) is 4.34. The van der Waals surface area contributed by atoms with E-state index >= 15 is 0 Å². The van der Waals surface area contributed by atoms with Crippen LogP contribution in [0.5, 0.6) is 0 Å². The molecule has 0 aliphatic rings. The van der Waals surface area contributed by atoms with Crippen molar-refractivity contribution in [1.82, 2.24) is 0 Å². The largest absolute Gasteiger partial charge is 0.387 e. The lowest BCUT2D eigenvalue weighted by Crippen LogP contribution is -2.29. The molecule has 0 saturated carbocycles. The van der Waals surface area contributed by atoms with Crippen LogP contribution in [0.25, 0.3) is 0 Å². The molecule has 0 aromatic heterocycles. The molecule has 10 heavy (non-hydrogen) atoms. The van der Waals surface area contributed by atoms with Gasteiger partial charge in [-0.25, -0.2) is 8.78 Å². The normalized spacial score (nSPS) is 14.9. The molecule has 60 valence electrons. The van der Waals surface area contributed by atoms with Crippen LogP contribution in [0.1, 0.15) is 20.3 Å². The topological polar surface area (TPSA) is 20.2 Å². The summed E-state index contributed by atoms with van der Waals surface area (Å²) in [5.74, 6) is -3.01. The van der Waals surface area contributed by atoms with Gasteiger partial charge in [0.25, 0.3) is 5.92 Å². The van der Waals surface area contributed by atoms with Crippen LogP contribution in [0.15, 0.2) is 12.2 Å². The molecule has 0 bridgehead atoms. The highest BCUT2D eigenvalue weighted by Crippen LogP contribution is 2.21. The molecular formula is C7H12F2O. The maximum atomic E-state index is 12.2. The van der Waals surface area contributed by atoms with E-state index in [1.54, 1.807) is 6.92 Å². The molecule has 1 nitrogen and oxygen atoms in total. The van der Waals surface area contributed by atoms with E-state index in [0.717, 1.165) is 0 Å². The first-order valence-corrected chi connectivity index (χ1v) is 3.04. The standard InChI is InChI=1S/C7H12F2O/c1-5(2)4-6(10)7(3,8)9/h6,10H,1,4H2,2-3H3. The number of aliphatic hydroxyl groups is 1. The molecule has 0 aromatic rings. The summed E-state index contributed by atoms with van der Waals surface area (Å²) in [5.41, 5.74) is 0.564. The van der Waals surface area contributed by atoms with Gasteiger partial charge in [-0.1, -0.05) is 5.57 Å². The van der Waals surface area contributed by atoms with E-state index in [1.807, 2.05) is 0 Å². The monoisotopic (exact) mass is 150 g/mol. The van der Waals surface area contributed by atoms with Gasteiger partial charge in [0.15, 0.2) is 0 Å². The molecule has 0 rings (SSSR count). The lowest BCUT2D eigenvalue weighted by molar-refractivity contribution is -0.0919. The van der Waals surface area contributed by atoms with Crippen LogP contribution in [0.4, 0.5) is 8.78 Å². The second kappa shape index (κ2) is 3.10. The molecule has 0 aliphatic heterocycles. The molecule has 3 heteroatoms. The molecule has 1 atom stereocenters. The van der Waals surface area contributed by atoms with Crippen molar-refractivity contribution in [3.8, 4) is 0 Å². The summed E-state index contributed by atoms with van der Waals surface area (Å²) < 4.78 is 24.4. The van der Waals surface area contributed by atoms with E-state index in [1.165, 1.54) is 0 Å². The summed E-state index contributed by atoms with van der Waals surface area (Å²) in [6.07, 6.45) is -1.63. The highest BCUT2D eigenvalue weighted by atomic mass is 19.3. The van der Waals surface area contributed by atoms with Gasteiger partial charge in [0, 0.05) is 6.92 Å². The zero-order valence-electron chi connectivity index (χ0n) is 6.19. The molecular weight excluding hydrogens is 138 g/mol. The van der Waals surface area contributed by atoms with E-state index in [9.17, 15) is 8.78 Å². The number of halogens is 2. The molecule has 0 saturated heterocycles. The van der Waals surface area contributed by atoms with Gasteiger partial charge in [-0.15, -0.1) is 6.58 Å². The Morgan fingerprint density at radius 1 is 1.70 bits per heavy atom. The van der Waals surface area contributed by atoms with Gasteiger partial charge in [-0.05, 0) is 13.3 Å². The number of aliphatic hydroxyl groups excluding tert-OH is 1. The lowest BCUT2D eigenvalue weighted by Gasteiger charge is -2.17. The maximum Gasteiger partial charge on any atom is 0.271 e. The maximum absolute atomic E-state index is 12.2. The minimum atomic E-state index is -3.01. The van der Waals surface area contributed by atoms with Crippen molar-refractivity contribution in [2.24, 2.45) is 0 Å². The van der Waals surface area contributed by atoms with E-state index < -0.39 is 12.0 Å². The molecule has 1 N–H and O–H groups in total. The molecule has 0 spiro atoms. The summed E-state index contributed by atoms with van der Waals surface area (Å²) in [5, 5.41) is 8.75. The van der Waals surface area contributed by atoms with Gasteiger partial charge in [0.2, 0.25) is 0 Å². The minimum absolute atomic E-state index is 0.0382. The Hall–Kier alpha value is -0.440. The van der Waals surface area contributed by atoms with Crippen LogP contribution < -0.4 is 0 Å².